The molecule has 0 bridgehead atoms. The van der Waals surface area contributed by atoms with E-state index >= 15 is 0 Å². The van der Waals surface area contributed by atoms with Gasteiger partial charge in [0.1, 0.15) is 54.4 Å². The number of hydrogen-bond donors (Lipinski definition) is 19. The second-order valence-electron chi connectivity index (χ2n) is 18.5. The summed E-state index contributed by atoms with van der Waals surface area (Å²) < 4.78 is 0. The van der Waals surface area contributed by atoms with Crippen molar-refractivity contribution in [2.45, 2.75) is 152 Å². The van der Waals surface area contributed by atoms with Gasteiger partial charge in [0.2, 0.25) is 47.3 Å². The molecule has 10 atom stereocenters. The van der Waals surface area contributed by atoms with Crippen LogP contribution in [-0.4, -0.2) is 207 Å². The molecule has 34 nitrogen and oxygen atoms in total. The number of aliphatic hydroxyl groups is 2. The van der Waals surface area contributed by atoms with E-state index in [1.807, 2.05) is 0 Å². The maximum atomic E-state index is 14.3. The van der Waals surface area contributed by atoms with E-state index in [4.69, 9.17) is 40.1 Å². The van der Waals surface area contributed by atoms with E-state index in [2.05, 4.69) is 52.2 Å². The molecule has 0 spiro atoms. The number of carboxylic acid groups (broad SMARTS) is 3. The monoisotopic (exact) mass is 1110 g/mol. The number of aliphatic hydroxyl groups excluding tert-OH is 2. The fourth-order valence-corrected chi connectivity index (χ4v) is 7.54. The van der Waals surface area contributed by atoms with E-state index in [1.165, 1.54) is 20.8 Å². The van der Waals surface area contributed by atoms with Crippen molar-refractivity contribution in [1.29, 1.82) is 0 Å². The Morgan fingerprint density at radius 3 is 1.37 bits per heavy atom. The fourth-order valence-electron chi connectivity index (χ4n) is 7.54. The molecule has 0 radical (unpaired) electrons. The third-order valence-electron chi connectivity index (χ3n) is 11.7. The molecule has 1 saturated heterocycles. The summed E-state index contributed by atoms with van der Waals surface area (Å²) in [6, 6.07) is -14.3. The number of guanidine groups is 3. The minimum Gasteiger partial charge on any atom is -0.481 e. The zero-order valence-corrected chi connectivity index (χ0v) is 43.7. The molecule has 26 N–H and O–H groups in total. The Hall–Kier alpha value is -8.14. The van der Waals surface area contributed by atoms with Crippen LogP contribution in [0.4, 0.5) is 0 Å². The zero-order chi connectivity index (χ0) is 59.4. The van der Waals surface area contributed by atoms with Crippen LogP contribution in [0.1, 0.15) is 91.4 Å². The highest BCUT2D eigenvalue weighted by Gasteiger charge is 2.41. The fraction of sp³-hybridized carbons (Fsp3) is 0.682. The SMILES string of the molecule is CC(C)[C@H](NC(=O)[C@H](CO)NC(=O)[C@H](CCCN=C(N)N)NC(=O)[C@H](CC(=O)O)NC(=O)[C@H](CCCN=C(N)N)NC(=O)[C@@H]1CCCN1C(=O)[C@H](CCC(=O)O)NC(=O)[C@H](CCCN=C(N)N)NC(=O)[C@@H](N)[C@@H](C)O)C(=O)O. The van der Waals surface area contributed by atoms with Gasteiger partial charge in [0.15, 0.2) is 17.9 Å². The lowest BCUT2D eigenvalue weighted by atomic mass is 10.0. The van der Waals surface area contributed by atoms with Gasteiger partial charge < -0.3 is 108 Å². The lowest BCUT2D eigenvalue weighted by Gasteiger charge is -2.31. The average Bonchev–Trinajstić information content (AvgIpc) is 3.85. The molecule has 78 heavy (non-hydrogen) atoms. The summed E-state index contributed by atoms with van der Waals surface area (Å²) in [5.74, 6) is -14.3. The van der Waals surface area contributed by atoms with Crippen molar-refractivity contribution < 1.29 is 78.3 Å². The van der Waals surface area contributed by atoms with E-state index in [0.717, 1.165) is 4.90 Å². The maximum Gasteiger partial charge on any atom is 0.326 e. The number of aliphatic carboxylic acids is 3. The molecule has 0 aromatic carbocycles. The lowest BCUT2D eigenvalue weighted by molar-refractivity contribution is -0.144. The molecule has 1 fully saturated rings. The maximum absolute atomic E-state index is 14.3. The summed E-state index contributed by atoms with van der Waals surface area (Å²) >= 11 is 0. The van der Waals surface area contributed by atoms with Gasteiger partial charge in [-0.2, -0.15) is 0 Å². The summed E-state index contributed by atoms with van der Waals surface area (Å²) in [5.41, 5.74) is 38.2. The van der Waals surface area contributed by atoms with Gasteiger partial charge in [-0.05, 0) is 70.6 Å². The van der Waals surface area contributed by atoms with E-state index < -0.39 is 157 Å². The van der Waals surface area contributed by atoms with Gasteiger partial charge in [0, 0.05) is 32.6 Å². The molecule has 0 saturated carbocycles. The Morgan fingerprint density at radius 1 is 0.551 bits per heavy atom. The Labute approximate surface area is 448 Å². The van der Waals surface area contributed by atoms with Crippen LogP contribution in [0.5, 0.6) is 0 Å². The first-order valence-corrected chi connectivity index (χ1v) is 24.8. The first kappa shape index (κ1) is 67.9. The number of amides is 8. The summed E-state index contributed by atoms with van der Waals surface area (Å²) in [6.45, 7) is 2.90. The summed E-state index contributed by atoms with van der Waals surface area (Å²) in [6.07, 6.45) is -4.06. The highest BCUT2D eigenvalue weighted by Crippen LogP contribution is 2.21. The molecule has 1 rings (SSSR count). The number of nitrogens with one attached hydrogen (secondary N) is 7. The molecule has 0 aromatic heterocycles. The molecule has 0 aromatic rings. The van der Waals surface area contributed by atoms with Crippen LogP contribution in [0.15, 0.2) is 15.0 Å². The lowest BCUT2D eigenvalue weighted by Crippen LogP contribution is -2.60. The van der Waals surface area contributed by atoms with Crippen LogP contribution in [0.3, 0.4) is 0 Å². The first-order valence-electron chi connectivity index (χ1n) is 24.8. The number of nitrogens with zero attached hydrogens (tertiary/aromatic N) is 4. The van der Waals surface area contributed by atoms with Crippen LogP contribution < -0.4 is 77.4 Å². The standard InChI is InChI=1S/C44H78N18O16/c1-20(2)32(41(77)78)61-37(73)27(19-63)60-35(71)22(8-4-14-52-42(46)47)55-36(72)26(18-30(67)68)59-34(70)23(9-5-15-53-43(48)49)56-38(74)28-11-7-17-62(28)40(76)25(12-13-29(65)66)58-33(69)24(10-6-16-54-44(50)51)57-39(75)31(45)21(3)64/h20-28,31-32,63-64H,4-19,45H2,1-3H3,(H,55,72)(H,56,74)(H,57,75)(H,58,69)(H,59,70)(H,60,71)(H,61,73)(H,65,66)(H,67,68)(H,77,78)(H4,46,47,52)(H4,48,49,53)(H4,50,51,54)/t21-,22+,23+,24+,25+,26+,27+,28+,31+,32+/m1/s1. The number of aliphatic imine (C=N–C) groups is 3. The van der Waals surface area contributed by atoms with Crippen LogP contribution in [0.2, 0.25) is 0 Å². The van der Waals surface area contributed by atoms with E-state index in [1.54, 1.807) is 0 Å². The number of carbonyl (C=O) groups excluding carboxylic acids is 8. The predicted molar refractivity (Wildman–Crippen MR) is 276 cm³/mol. The van der Waals surface area contributed by atoms with Crippen LogP contribution >= 0.6 is 0 Å². The van der Waals surface area contributed by atoms with E-state index in [0.29, 0.717) is 0 Å². The zero-order valence-electron chi connectivity index (χ0n) is 43.7. The number of carbonyl (C=O) groups is 11. The normalized spacial score (nSPS) is 16.3. The summed E-state index contributed by atoms with van der Waals surface area (Å²) in [4.78, 5) is 158. The van der Waals surface area contributed by atoms with Gasteiger partial charge in [0.25, 0.3) is 0 Å². The molecule has 0 unspecified atom stereocenters. The van der Waals surface area contributed by atoms with Crippen LogP contribution in [0, 0.1) is 5.92 Å². The van der Waals surface area contributed by atoms with Crippen molar-refractivity contribution in [2.24, 2.45) is 61.0 Å². The molecule has 1 aliphatic rings. The minimum absolute atomic E-state index is 0.00686. The average molecular weight is 1120 g/mol. The Bertz CT molecular complexity index is 2180. The minimum atomic E-state index is -1.98. The van der Waals surface area contributed by atoms with E-state index in [-0.39, 0.29) is 95.4 Å². The first-order chi connectivity index (χ1) is 36.5. The summed E-state index contributed by atoms with van der Waals surface area (Å²) in [5, 5.41) is 65.1. The molecule has 1 aliphatic heterocycles. The quantitative estimate of drug-likeness (QED) is 0.0157. The third kappa shape index (κ3) is 25.1. The molecule has 440 valence electrons. The van der Waals surface area contributed by atoms with Gasteiger partial charge in [0.05, 0.1) is 19.1 Å². The van der Waals surface area contributed by atoms with Crippen molar-refractivity contribution in [3.05, 3.63) is 0 Å². The van der Waals surface area contributed by atoms with Crippen LogP contribution in [-0.2, 0) is 52.7 Å². The molecule has 0 aliphatic carbocycles. The van der Waals surface area contributed by atoms with Crippen molar-refractivity contribution in [3.8, 4) is 0 Å². The highest BCUT2D eigenvalue weighted by molar-refractivity contribution is 5.99. The molecular formula is C44H78N18O16. The molecule has 34 heteroatoms. The molecular weight excluding hydrogens is 1040 g/mol. The second-order valence-corrected chi connectivity index (χ2v) is 18.5. The van der Waals surface area contributed by atoms with E-state index in [9.17, 15) is 78.3 Å². The highest BCUT2D eigenvalue weighted by atomic mass is 16.4. The molecule has 8 amide bonds. The number of rotatable bonds is 36. The second kappa shape index (κ2) is 34.5. The Balaban J connectivity index is 3.59. The number of likely N-dealkylation sites (tertiary alicyclic amines) is 1. The smallest absolute Gasteiger partial charge is 0.326 e. The third-order valence-corrected chi connectivity index (χ3v) is 11.7. The summed E-state index contributed by atoms with van der Waals surface area (Å²) in [7, 11) is 0. The number of carboxylic acids is 3. The van der Waals surface area contributed by atoms with Gasteiger partial charge in [-0.15, -0.1) is 0 Å². The van der Waals surface area contributed by atoms with Gasteiger partial charge in [-0.1, -0.05) is 13.8 Å². The van der Waals surface area contributed by atoms with Crippen molar-refractivity contribution in [1.82, 2.24) is 42.1 Å². The largest absolute Gasteiger partial charge is 0.481 e. The Kier molecular flexibility index (Phi) is 30.0. The molecule has 1 heterocycles. The topological polar surface area (TPSA) is 596 Å². The number of nitrogens with two attached hydrogens (primary N) is 7. The van der Waals surface area contributed by atoms with Gasteiger partial charge >= 0.3 is 17.9 Å². The van der Waals surface area contributed by atoms with Gasteiger partial charge in [-0.3, -0.25) is 62.9 Å². The van der Waals surface area contributed by atoms with Crippen LogP contribution in [0.25, 0.3) is 0 Å². The predicted octanol–water partition coefficient (Wildman–Crippen LogP) is -8.69. The van der Waals surface area contributed by atoms with Crippen molar-refractivity contribution in [2.75, 3.05) is 32.8 Å². The van der Waals surface area contributed by atoms with Crippen molar-refractivity contribution >= 4 is 83.0 Å². The van der Waals surface area contributed by atoms with Crippen molar-refractivity contribution in [3.63, 3.8) is 0 Å². The van der Waals surface area contributed by atoms with Gasteiger partial charge in [-0.25, -0.2) is 4.79 Å². The Morgan fingerprint density at radius 2 is 0.962 bits per heavy atom. The number of hydrogen-bond acceptors (Lipinski definition) is 17.